The van der Waals surface area contributed by atoms with Crippen molar-refractivity contribution in [3.63, 3.8) is 0 Å². The maximum Gasteiger partial charge on any atom is 0.0702 e. The van der Waals surface area contributed by atoms with Gasteiger partial charge in [0, 0.05) is 38.7 Å². The molecule has 2 nitrogen and oxygen atoms in total. The molecule has 0 bridgehead atoms. The van der Waals surface area contributed by atoms with Crippen molar-refractivity contribution in [1.82, 2.24) is 4.57 Å². The Morgan fingerprint density at radius 2 is 1.85 bits per heavy atom. The molecule has 0 spiro atoms. The second-order valence-electron chi connectivity index (χ2n) is 4.73. The molecule has 0 radical (unpaired) electrons. The van der Waals surface area contributed by atoms with Crippen molar-refractivity contribution in [1.29, 1.82) is 0 Å². The summed E-state index contributed by atoms with van der Waals surface area (Å²) < 4.78 is 3.17. The molecule has 0 saturated carbocycles. The largest absolute Gasteiger partial charge is 0.392 e. The minimum Gasteiger partial charge on any atom is -0.392 e. The second-order valence-corrected chi connectivity index (χ2v) is 6.08. The van der Waals surface area contributed by atoms with Gasteiger partial charge in [0.15, 0.2) is 0 Å². The lowest BCUT2D eigenvalue weighted by Gasteiger charge is -2.06. The van der Waals surface area contributed by atoms with E-state index in [9.17, 15) is 5.11 Å². The summed E-state index contributed by atoms with van der Waals surface area (Å²) in [5.74, 6) is 0. The van der Waals surface area contributed by atoms with Crippen LogP contribution in [0.25, 0.3) is 10.9 Å². The monoisotopic (exact) mass is 349 g/mol. The van der Waals surface area contributed by atoms with Gasteiger partial charge >= 0.3 is 0 Å². The highest BCUT2D eigenvalue weighted by molar-refractivity contribution is 9.10. The molecule has 102 valence electrons. The van der Waals surface area contributed by atoms with Gasteiger partial charge in [-0.3, -0.25) is 0 Å². The molecule has 0 fully saturated rings. The maximum absolute atomic E-state index is 9.50. The first-order valence-corrected chi connectivity index (χ1v) is 7.47. The minimum absolute atomic E-state index is 0.0422. The Bertz CT molecular complexity index is 749. The average Bonchev–Trinajstić information content (AvgIpc) is 2.78. The Morgan fingerprint density at radius 1 is 1.10 bits per heavy atom. The predicted octanol–water partition coefficient (Wildman–Crippen LogP) is 4.60. The highest BCUT2D eigenvalue weighted by atomic mass is 79.9. The van der Waals surface area contributed by atoms with Crippen LogP contribution in [0.4, 0.5) is 0 Å². The molecule has 3 rings (SSSR count). The number of aliphatic hydroxyl groups is 1. The second kappa shape index (κ2) is 5.60. The topological polar surface area (TPSA) is 25.2 Å². The van der Waals surface area contributed by atoms with Crippen LogP contribution in [0.15, 0.2) is 53.1 Å². The number of aliphatic hydroxyl groups excluding tert-OH is 1. The first-order valence-electron chi connectivity index (χ1n) is 6.30. The van der Waals surface area contributed by atoms with Gasteiger partial charge in [0.05, 0.1) is 6.61 Å². The van der Waals surface area contributed by atoms with E-state index in [1.165, 1.54) is 5.56 Å². The van der Waals surface area contributed by atoms with Gasteiger partial charge in [-0.15, -0.1) is 0 Å². The molecular formula is C16H13BrClNO. The van der Waals surface area contributed by atoms with Crippen LogP contribution in [0.5, 0.6) is 0 Å². The predicted molar refractivity (Wildman–Crippen MR) is 86.1 cm³/mol. The van der Waals surface area contributed by atoms with Gasteiger partial charge in [0.2, 0.25) is 0 Å². The molecular weight excluding hydrogens is 338 g/mol. The van der Waals surface area contributed by atoms with E-state index in [4.69, 9.17) is 11.6 Å². The van der Waals surface area contributed by atoms with Crippen LogP contribution in [0.3, 0.4) is 0 Å². The fourth-order valence-corrected chi connectivity index (χ4v) is 2.87. The number of nitrogens with zero attached hydrogens (tertiary/aromatic N) is 1. The number of fused-ring (bicyclic) bond motifs is 1. The highest BCUT2D eigenvalue weighted by Crippen LogP contribution is 2.26. The van der Waals surface area contributed by atoms with Crippen LogP contribution in [-0.2, 0) is 13.2 Å². The van der Waals surface area contributed by atoms with E-state index < -0.39 is 0 Å². The van der Waals surface area contributed by atoms with Gasteiger partial charge in [-0.2, -0.15) is 0 Å². The number of hydrogen-bond donors (Lipinski definition) is 1. The van der Waals surface area contributed by atoms with Crippen LogP contribution in [0.1, 0.15) is 11.1 Å². The van der Waals surface area contributed by atoms with Crippen molar-refractivity contribution >= 4 is 38.4 Å². The molecule has 2 aromatic carbocycles. The summed E-state index contributed by atoms with van der Waals surface area (Å²) >= 11 is 9.38. The minimum atomic E-state index is 0.0422. The standard InChI is InChI=1S/C16H13BrClNO/c17-13-3-6-16-15(7-13)12(10-20)9-19(16)8-11-1-4-14(18)5-2-11/h1-7,9,20H,8,10H2. The number of benzene rings is 2. The van der Waals surface area contributed by atoms with Gasteiger partial charge in [-0.05, 0) is 35.9 Å². The van der Waals surface area contributed by atoms with Gasteiger partial charge in [-0.25, -0.2) is 0 Å². The zero-order chi connectivity index (χ0) is 14.1. The van der Waals surface area contributed by atoms with Gasteiger partial charge < -0.3 is 9.67 Å². The molecule has 0 aliphatic heterocycles. The smallest absolute Gasteiger partial charge is 0.0702 e. The lowest BCUT2D eigenvalue weighted by atomic mass is 10.2. The van der Waals surface area contributed by atoms with E-state index in [1.807, 2.05) is 42.6 Å². The van der Waals surface area contributed by atoms with E-state index in [-0.39, 0.29) is 6.61 Å². The van der Waals surface area contributed by atoms with Crippen LogP contribution >= 0.6 is 27.5 Å². The van der Waals surface area contributed by atoms with Crippen molar-refractivity contribution in [2.75, 3.05) is 0 Å². The Kier molecular flexibility index (Phi) is 3.83. The third kappa shape index (κ3) is 2.62. The number of aromatic nitrogens is 1. The quantitative estimate of drug-likeness (QED) is 0.734. The van der Waals surface area contributed by atoms with Crippen molar-refractivity contribution in [2.24, 2.45) is 0 Å². The molecule has 3 aromatic rings. The molecule has 0 saturated heterocycles. The van der Waals surface area contributed by atoms with Crippen LogP contribution in [0.2, 0.25) is 5.02 Å². The summed E-state index contributed by atoms with van der Waals surface area (Å²) in [6, 6.07) is 13.9. The fourth-order valence-electron chi connectivity index (χ4n) is 2.39. The molecule has 0 amide bonds. The Morgan fingerprint density at radius 3 is 2.55 bits per heavy atom. The molecule has 0 aliphatic carbocycles. The van der Waals surface area contributed by atoms with Gasteiger partial charge in [0.1, 0.15) is 0 Å². The molecule has 0 unspecified atom stereocenters. The Hall–Kier alpha value is -1.29. The molecule has 0 aliphatic rings. The van der Waals surface area contributed by atoms with Crippen molar-refractivity contribution in [3.8, 4) is 0 Å². The summed E-state index contributed by atoms with van der Waals surface area (Å²) in [6.07, 6.45) is 2.01. The summed E-state index contributed by atoms with van der Waals surface area (Å²) in [5, 5.41) is 11.3. The van der Waals surface area contributed by atoms with Crippen molar-refractivity contribution in [2.45, 2.75) is 13.2 Å². The summed E-state index contributed by atoms with van der Waals surface area (Å²) in [6.45, 7) is 0.801. The first kappa shape index (κ1) is 13.7. The molecule has 4 heteroatoms. The molecule has 1 N–H and O–H groups in total. The van der Waals surface area contributed by atoms with E-state index in [1.54, 1.807) is 0 Å². The average molecular weight is 351 g/mol. The third-order valence-electron chi connectivity index (χ3n) is 3.36. The summed E-state index contributed by atoms with van der Waals surface area (Å²) in [4.78, 5) is 0. The summed E-state index contributed by atoms with van der Waals surface area (Å²) in [5.41, 5.74) is 3.24. The zero-order valence-corrected chi connectivity index (χ0v) is 13.0. The highest BCUT2D eigenvalue weighted by Gasteiger charge is 2.08. The first-order chi connectivity index (χ1) is 9.67. The van der Waals surface area contributed by atoms with Crippen molar-refractivity contribution in [3.05, 3.63) is 69.3 Å². The molecule has 1 aromatic heterocycles. The van der Waals surface area contributed by atoms with Crippen LogP contribution in [-0.4, -0.2) is 9.67 Å². The Labute approximate surface area is 130 Å². The number of halogens is 2. The third-order valence-corrected chi connectivity index (χ3v) is 4.11. The fraction of sp³-hybridized carbons (Fsp3) is 0.125. The molecule has 1 heterocycles. The molecule has 20 heavy (non-hydrogen) atoms. The van der Waals surface area contributed by atoms with E-state index in [2.05, 4.69) is 26.6 Å². The van der Waals surface area contributed by atoms with Crippen LogP contribution in [0, 0.1) is 0 Å². The number of hydrogen-bond acceptors (Lipinski definition) is 1. The normalized spacial score (nSPS) is 11.2. The summed E-state index contributed by atoms with van der Waals surface area (Å²) in [7, 11) is 0. The molecule has 0 atom stereocenters. The van der Waals surface area contributed by atoms with Gasteiger partial charge in [0.25, 0.3) is 0 Å². The maximum atomic E-state index is 9.50. The lowest BCUT2D eigenvalue weighted by molar-refractivity contribution is 0.283. The van der Waals surface area contributed by atoms with Crippen molar-refractivity contribution < 1.29 is 5.11 Å². The lowest BCUT2D eigenvalue weighted by Crippen LogP contribution is -1.97. The van der Waals surface area contributed by atoms with E-state index in [0.29, 0.717) is 0 Å². The number of rotatable bonds is 3. The van der Waals surface area contributed by atoms with Gasteiger partial charge in [-0.1, -0.05) is 39.7 Å². The Balaban J connectivity index is 2.05. The zero-order valence-electron chi connectivity index (χ0n) is 10.7. The van der Waals surface area contributed by atoms with E-state index in [0.717, 1.165) is 32.5 Å². The SMILES string of the molecule is OCc1cn(Cc2ccc(Cl)cc2)c2ccc(Br)cc12. The van der Waals surface area contributed by atoms with Crippen LogP contribution < -0.4 is 0 Å². The van der Waals surface area contributed by atoms with E-state index >= 15 is 0 Å².